The van der Waals surface area contributed by atoms with Crippen LogP contribution in [0, 0.1) is 0 Å². The van der Waals surface area contributed by atoms with Crippen molar-refractivity contribution in [3.63, 3.8) is 0 Å². The summed E-state index contributed by atoms with van der Waals surface area (Å²) in [6.07, 6.45) is 2.37. The number of hydrogen-bond donors (Lipinski definition) is 1. The summed E-state index contributed by atoms with van der Waals surface area (Å²) in [5.41, 5.74) is 0. The molecular formula is C11H21N3O. The van der Waals surface area contributed by atoms with Gasteiger partial charge in [0.25, 0.3) is 0 Å². The number of nitrogens with one attached hydrogen (secondary N) is 1. The van der Waals surface area contributed by atoms with Crippen LogP contribution in [0.2, 0.25) is 0 Å². The van der Waals surface area contributed by atoms with Crippen molar-refractivity contribution in [2.45, 2.75) is 39.9 Å². The van der Waals surface area contributed by atoms with Crippen LogP contribution in [0.1, 0.15) is 27.7 Å². The molecule has 0 aromatic carbocycles. The van der Waals surface area contributed by atoms with Crippen molar-refractivity contribution in [3.8, 4) is 0 Å². The minimum Gasteiger partial charge on any atom is -0.372 e. The lowest BCUT2D eigenvalue weighted by Crippen LogP contribution is -2.45. The number of aromatic nitrogens is 2. The first-order chi connectivity index (χ1) is 7.25. The summed E-state index contributed by atoms with van der Waals surface area (Å²) in [5, 5.41) is 6.91. The first kappa shape index (κ1) is 12.0. The van der Waals surface area contributed by atoms with Crippen molar-refractivity contribution >= 4 is 5.82 Å². The van der Waals surface area contributed by atoms with E-state index >= 15 is 0 Å². The van der Waals surface area contributed by atoms with Gasteiger partial charge in [-0.3, -0.25) is 5.10 Å². The van der Waals surface area contributed by atoms with Gasteiger partial charge in [0, 0.05) is 19.2 Å². The van der Waals surface area contributed by atoms with Crippen LogP contribution in [-0.4, -0.2) is 35.5 Å². The Morgan fingerprint density at radius 2 is 1.93 bits per heavy atom. The topological polar surface area (TPSA) is 41.2 Å². The SMILES string of the molecule is CC.C[C@@H]1CN(c2ccn[nH]2)C[C@H](C)O1. The predicted molar refractivity (Wildman–Crippen MR) is 62.2 cm³/mol. The zero-order valence-electron chi connectivity index (χ0n) is 10.0. The van der Waals surface area contributed by atoms with Crippen molar-refractivity contribution in [2.24, 2.45) is 0 Å². The molecule has 0 saturated carbocycles. The third-order valence-corrected chi connectivity index (χ3v) is 2.25. The Morgan fingerprint density at radius 1 is 1.33 bits per heavy atom. The third-order valence-electron chi connectivity index (χ3n) is 2.25. The lowest BCUT2D eigenvalue weighted by molar-refractivity contribution is -0.00545. The monoisotopic (exact) mass is 211 g/mol. The number of aromatic amines is 1. The fourth-order valence-corrected chi connectivity index (χ4v) is 1.80. The highest BCUT2D eigenvalue weighted by Gasteiger charge is 2.22. The molecule has 2 heterocycles. The zero-order chi connectivity index (χ0) is 11.3. The molecule has 2 atom stereocenters. The molecular weight excluding hydrogens is 190 g/mol. The van der Waals surface area contributed by atoms with E-state index in [1.165, 1.54) is 0 Å². The van der Waals surface area contributed by atoms with Gasteiger partial charge in [-0.05, 0) is 13.8 Å². The van der Waals surface area contributed by atoms with E-state index in [9.17, 15) is 0 Å². The Hall–Kier alpha value is -1.03. The van der Waals surface area contributed by atoms with Gasteiger partial charge in [0.2, 0.25) is 0 Å². The van der Waals surface area contributed by atoms with Crippen LogP contribution >= 0.6 is 0 Å². The molecule has 1 aliphatic heterocycles. The number of H-pyrrole nitrogens is 1. The summed E-state index contributed by atoms with van der Waals surface area (Å²) in [4.78, 5) is 2.27. The molecule has 0 aliphatic carbocycles. The highest BCUT2D eigenvalue weighted by molar-refractivity contribution is 5.37. The molecule has 4 heteroatoms. The van der Waals surface area contributed by atoms with Gasteiger partial charge in [-0.2, -0.15) is 5.10 Å². The largest absolute Gasteiger partial charge is 0.372 e. The van der Waals surface area contributed by atoms with Crippen molar-refractivity contribution in [1.29, 1.82) is 0 Å². The second kappa shape index (κ2) is 5.75. The van der Waals surface area contributed by atoms with Gasteiger partial charge in [-0.15, -0.1) is 0 Å². The Kier molecular flexibility index (Phi) is 4.62. The van der Waals surface area contributed by atoms with E-state index < -0.39 is 0 Å². The highest BCUT2D eigenvalue weighted by atomic mass is 16.5. The summed E-state index contributed by atoms with van der Waals surface area (Å²) in [6, 6.07) is 1.99. The van der Waals surface area contributed by atoms with Crippen LogP contribution in [0.3, 0.4) is 0 Å². The van der Waals surface area contributed by atoms with Crippen molar-refractivity contribution in [2.75, 3.05) is 18.0 Å². The number of anilines is 1. The number of hydrogen-bond acceptors (Lipinski definition) is 3. The molecule has 0 unspecified atom stereocenters. The molecule has 1 aromatic rings. The quantitative estimate of drug-likeness (QED) is 0.773. The Bertz CT molecular complexity index is 251. The number of morpholine rings is 1. The average molecular weight is 211 g/mol. The summed E-state index contributed by atoms with van der Waals surface area (Å²) < 4.78 is 5.64. The molecule has 1 aromatic heterocycles. The van der Waals surface area contributed by atoms with Crippen LogP contribution in [0.15, 0.2) is 12.3 Å². The van der Waals surface area contributed by atoms with Crippen LogP contribution in [0.5, 0.6) is 0 Å². The second-order valence-corrected chi connectivity index (χ2v) is 3.60. The van der Waals surface area contributed by atoms with Gasteiger partial charge < -0.3 is 9.64 Å². The molecule has 1 saturated heterocycles. The minimum atomic E-state index is 0.298. The maximum absolute atomic E-state index is 5.64. The van der Waals surface area contributed by atoms with E-state index in [-0.39, 0.29) is 0 Å². The van der Waals surface area contributed by atoms with Crippen molar-refractivity contribution in [1.82, 2.24) is 10.2 Å². The lowest BCUT2D eigenvalue weighted by Gasteiger charge is -2.35. The van der Waals surface area contributed by atoms with Crippen molar-refractivity contribution in [3.05, 3.63) is 12.3 Å². The van der Waals surface area contributed by atoms with E-state index in [1.54, 1.807) is 6.20 Å². The normalized spacial score (nSPS) is 25.7. The maximum Gasteiger partial charge on any atom is 0.124 e. The molecule has 0 spiro atoms. The van der Waals surface area contributed by atoms with Gasteiger partial charge in [0.1, 0.15) is 5.82 Å². The van der Waals surface area contributed by atoms with Gasteiger partial charge in [-0.1, -0.05) is 13.8 Å². The van der Waals surface area contributed by atoms with Gasteiger partial charge in [-0.25, -0.2) is 0 Å². The molecule has 1 aliphatic rings. The average Bonchev–Trinajstić information content (AvgIpc) is 2.72. The van der Waals surface area contributed by atoms with E-state index in [1.807, 2.05) is 19.9 Å². The second-order valence-electron chi connectivity index (χ2n) is 3.60. The van der Waals surface area contributed by atoms with E-state index in [0.29, 0.717) is 12.2 Å². The zero-order valence-corrected chi connectivity index (χ0v) is 10.0. The lowest BCUT2D eigenvalue weighted by atomic mass is 10.2. The Labute approximate surface area is 91.6 Å². The fraction of sp³-hybridized carbons (Fsp3) is 0.727. The number of ether oxygens (including phenoxy) is 1. The summed E-state index contributed by atoms with van der Waals surface area (Å²) in [5.74, 6) is 1.09. The summed E-state index contributed by atoms with van der Waals surface area (Å²) in [7, 11) is 0. The summed E-state index contributed by atoms with van der Waals surface area (Å²) in [6.45, 7) is 10.1. The molecule has 4 nitrogen and oxygen atoms in total. The fourth-order valence-electron chi connectivity index (χ4n) is 1.80. The molecule has 1 fully saturated rings. The smallest absolute Gasteiger partial charge is 0.124 e. The summed E-state index contributed by atoms with van der Waals surface area (Å²) >= 11 is 0. The van der Waals surface area contributed by atoms with E-state index in [2.05, 4.69) is 28.9 Å². The molecule has 0 bridgehead atoms. The molecule has 1 N–H and O–H groups in total. The van der Waals surface area contributed by atoms with Crippen LogP contribution < -0.4 is 4.90 Å². The van der Waals surface area contributed by atoms with E-state index in [4.69, 9.17) is 4.74 Å². The minimum absolute atomic E-state index is 0.298. The predicted octanol–water partition coefficient (Wildman–Crippen LogP) is 2.05. The van der Waals surface area contributed by atoms with Crippen LogP contribution in [-0.2, 0) is 4.74 Å². The first-order valence-corrected chi connectivity index (χ1v) is 5.65. The van der Waals surface area contributed by atoms with Gasteiger partial charge in [0.15, 0.2) is 0 Å². The van der Waals surface area contributed by atoms with Crippen LogP contribution in [0.25, 0.3) is 0 Å². The van der Waals surface area contributed by atoms with Gasteiger partial charge in [0.05, 0.1) is 18.4 Å². The molecule has 86 valence electrons. The maximum atomic E-state index is 5.64. The third kappa shape index (κ3) is 3.23. The molecule has 0 amide bonds. The number of nitrogens with zero attached hydrogens (tertiary/aromatic N) is 2. The van der Waals surface area contributed by atoms with Gasteiger partial charge >= 0.3 is 0 Å². The molecule has 15 heavy (non-hydrogen) atoms. The number of rotatable bonds is 1. The van der Waals surface area contributed by atoms with Crippen molar-refractivity contribution < 1.29 is 4.74 Å². The highest BCUT2D eigenvalue weighted by Crippen LogP contribution is 2.16. The molecule has 2 rings (SSSR count). The van der Waals surface area contributed by atoms with Crippen LogP contribution in [0.4, 0.5) is 5.82 Å². The Balaban J connectivity index is 0.000000531. The standard InChI is InChI=1S/C9H15N3O.C2H6/c1-7-5-12(6-8(2)13-7)9-3-4-10-11-9;1-2/h3-4,7-8H,5-6H2,1-2H3,(H,10,11);1-2H3/t7-,8+;. The first-order valence-electron chi connectivity index (χ1n) is 5.65. The van der Waals surface area contributed by atoms with E-state index in [0.717, 1.165) is 18.9 Å². The molecule has 0 radical (unpaired) electrons. The Morgan fingerprint density at radius 3 is 2.40 bits per heavy atom.